The second-order valence-electron chi connectivity index (χ2n) is 4.16. The number of carbonyl (C=O) groups is 1. The number of methoxy groups -OCH3 is 1. The molecule has 0 amide bonds. The monoisotopic (exact) mass is 290 g/mol. The Morgan fingerprint density at radius 1 is 1.25 bits per heavy atom. The standard InChI is InChI=1S/C16H12ClFO2/c1-10(11-4-3-5-13(18)8-11)16(19)14-9-12(17)6-7-15(14)20-2/h3-9H,1H2,2H3. The van der Waals surface area contributed by atoms with E-state index < -0.39 is 5.82 Å². The van der Waals surface area contributed by atoms with Gasteiger partial charge < -0.3 is 4.74 Å². The van der Waals surface area contributed by atoms with Gasteiger partial charge in [-0.3, -0.25) is 4.79 Å². The highest BCUT2D eigenvalue weighted by atomic mass is 35.5. The van der Waals surface area contributed by atoms with Gasteiger partial charge in [-0.25, -0.2) is 4.39 Å². The summed E-state index contributed by atoms with van der Waals surface area (Å²) in [6.07, 6.45) is 0. The average molecular weight is 291 g/mol. The van der Waals surface area contributed by atoms with Gasteiger partial charge in [-0.2, -0.15) is 0 Å². The summed E-state index contributed by atoms with van der Waals surface area (Å²) in [5.41, 5.74) is 0.913. The third-order valence-electron chi connectivity index (χ3n) is 2.85. The van der Waals surface area contributed by atoms with E-state index in [0.717, 1.165) is 0 Å². The molecule has 0 bridgehead atoms. The minimum Gasteiger partial charge on any atom is -0.496 e. The van der Waals surface area contributed by atoms with Gasteiger partial charge in [0.05, 0.1) is 12.7 Å². The Balaban J connectivity index is 2.41. The Labute approximate surface area is 121 Å². The lowest BCUT2D eigenvalue weighted by Gasteiger charge is -2.10. The molecule has 0 aliphatic carbocycles. The van der Waals surface area contributed by atoms with E-state index in [1.165, 1.54) is 31.4 Å². The molecule has 2 nitrogen and oxygen atoms in total. The van der Waals surface area contributed by atoms with Crippen molar-refractivity contribution < 1.29 is 13.9 Å². The quantitative estimate of drug-likeness (QED) is 0.617. The molecule has 102 valence electrons. The van der Waals surface area contributed by atoms with Crippen LogP contribution in [0.1, 0.15) is 15.9 Å². The van der Waals surface area contributed by atoms with E-state index in [9.17, 15) is 9.18 Å². The molecular weight excluding hydrogens is 279 g/mol. The van der Waals surface area contributed by atoms with Crippen LogP contribution in [0.25, 0.3) is 5.57 Å². The molecular formula is C16H12ClFO2. The van der Waals surface area contributed by atoms with E-state index >= 15 is 0 Å². The number of Topliss-reactive ketones (excluding diaryl/α,β-unsaturated/α-hetero) is 1. The van der Waals surface area contributed by atoms with Crippen molar-refractivity contribution in [2.75, 3.05) is 7.11 Å². The fourth-order valence-corrected chi connectivity index (χ4v) is 2.00. The van der Waals surface area contributed by atoms with Crippen molar-refractivity contribution in [2.45, 2.75) is 0 Å². The van der Waals surface area contributed by atoms with Gasteiger partial charge in [0.2, 0.25) is 0 Å². The van der Waals surface area contributed by atoms with Crippen LogP contribution in [0, 0.1) is 5.82 Å². The van der Waals surface area contributed by atoms with Crippen molar-refractivity contribution in [2.24, 2.45) is 0 Å². The lowest BCUT2D eigenvalue weighted by molar-refractivity contribution is 0.105. The number of benzene rings is 2. The summed E-state index contributed by atoms with van der Waals surface area (Å²) in [5, 5.41) is 0.418. The molecule has 0 saturated heterocycles. The van der Waals surface area contributed by atoms with Crippen LogP contribution in [0.5, 0.6) is 5.75 Å². The van der Waals surface area contributed by atoms with Crippen molar-refractivity contribution in [1.82, 2.24) is 0 Å². The molecule has 0 saturated carbocycles. The first-order chi connectivity index (χ1) is 9.52. The molecule has 0 unspecified atom stereocenters. The largest absolute Gasteiger partial charge is 0.496 e. The average Bonchev–Trinajstić information content (AvgIpc) is 2.45. The number of carbonyl (C=O) groups excluding carboxylic acids is 1. The van der Waals surface area contributed by atoms with Gasteiger partial charge in [0.1, 0.15) is 11.6 Å². The van der Waals surface area contributed by atoms with E-state index in [2.05, 4.69) is 6.58 Å². The number of ketones is 1. The van der Waals surface area contributed by atoms with Crippen molar-refractivity contribution in [3.05, 3.63) is 71.0 Å². The van der Waals surface area contributed by atoms with Crippen LogP contribution in [-0.2, 0) is 0 Å². The predicted octanol–water partition coefficient (Wildman–Crippen LogP) is 4.38. The van der Waals surface area contributed by atoms with Gasteiger partial charge in [-0.15, -0.1) is 0 Å². The van der Waals surface area contributed by atoms with Crippen LogP contribution in [0.2, 0.25) is 5.02 Å². The molecule has 0 radical (unpaired) electrons. The van der Waals surface area contributed by atoms with Gasteiger partial charge in [0.25, 0.3) is 0 Å². The van der Waals surface area contributed by atoms with Crippen molar-refractivity contribution >= 4 is 23.0 Å². The molecule has 0 aliphatic rings. The van der Waals surface area contributed by atoms with Crippen LogP contribution in [0.4, 0.5) is 4.39 Å². The topological polar surface area (TPSA) is 26.3 Å². The van der Waals surface area contributed by atoms with E-state index in [1.807, 2.05) is 0 Å². The summed E-state index contributed by atoms with van der Waals surface area (Å²) in [7, 11) is 1.46. The predicted molar refractivity (Wildman–Crippen MR) is 77.8 cm³/mol. The molecule has 2 rings (SSSR count). The molecule has 20 heavy (non-hydrogen) atoms. The number of rotatable bonds is 4. The van der Waals surface area contributed by atoms with E-state index in [4.69, 9.17) is 16.3 Å². The highest BCUT2D eigenvalue weighted by Gasteiger charge is 2.17. The maximum atomic E-state index is 13.2. The maximum absolute atomic E-state index is 13.2. The first-order valence-electron chi connectivity index (χ1n) is 5.86. The number of hydrogen-bond acceptors (Lipinski definition) is 2. The Kier molecular flexibility index (Phi) is 4.20. The van der Waals surface area contributed by atoms with Crippen LogP contribution in [-0.4, -0.2) is 12.9 Å². The second kappa shape index (κ2) is 5.88. The lowest BCUT2D eigenvalue weighted by atomic mass is 9.97. The highest BCUT2D eigenvalue weighted by molar-refractivity contribution is 6.33. The fraction of sp³-hybridized carbons (Fsp3) is 0.0625. The lowest BCUT2D eigenvalue weighted by Crippen LogP contribution is -2.04. The zero-order valence-corrected chi connectivity index (χ0v) is 11.6. The number of halogens is 2. The summed E-state index contributed by atoms with van der Waals surface area (Å²) >= 11 is 5.90. The van der Waals surface area contributed by atoms with Gasteiger partial charge in [0.15, 0.2) is 5.78 Å². The molecule has 0 atom stereocenters. The van der Waals surface area contributed by atoms with Crippen molar-refractivity contribution in [3.63, 3.8) is 0 Å². The maximum Gasteiger partial charge on any atom is 0.196 e. The van der Waals surface area contributed by atoms with Gasteiger partial charge >= 0.3 is 0 Å². The van der Waals surface area contributed by atoms with E-state index in [-0.39, 0.29) is 11.4 Å². The summed E-state index contributed by atoms with van der Waals surface area (Å²) < 4.78 is 18.3. The summed E-state index contributed by atoms with van der Waals surface area (Å²) in [5.74, 6) is -0.374. The van der Waals surface area contributed by atoms with E-state index in [0.29, 0.717) is 21.9 Å². The molecule has 0 heterocycles. The van der Waals surface area contributed by atoms with E-state index in [1.54, 1.807) is 18.2 Å². The minimum absolute atomic E-state index is 0.185. The SMILES string of the molecule is C=C(C(=O)c1cc(Cl)ccc1OC)c1cccc(F)c1. The summed E-state index contributed by atoms with van der Waals surface area (Å²) in [4.78, 5) is 12.4. The number of allylic oxidation sites excluding steroid dienone is 1. The third kappa shape index (κ3) is 2.89. The minimum atomic E-state index is -0.422. The highest BCUT2D eigenvalue weighted by Crippen LogP contribution is 2.27. The Hall–Kier alpha value is -2.13. The van der Waals surface area contributed by atoms with Gasteiger partial charge in [0, 0.05) is 10.6 Å². The smallest absolute Gasteiger partial charge is 0.196 e. The number of ether oxygens (including phenoxy) is 1. The Morgan fingerprint density at radius 3 is 2.65 bits per heavy atom. The van der Waals surface area contributed by atoms with Crippen LogP contribution >= 0.6 is 11.6 Å². The summed E-state index contributed by atoms with van der Waals surface area (Å²) in [6.45, 7) is 3.73. The van der Waals surface area contributed by atoms with Gasteiger partial charge in [-0.1, -0.05) is 30.3 Å². The first-order valence-corrected chi connectivity index (χ1v) is 6.24. The third-order valence-corrected chi connectivity index (χ3v) is 3.09. The molecule has 0 aliphatic heterocycles. The molecule has 0 fully saturated rings. The van der Waals surface area contributed by atoms with Crippen molar-refractivity contribution in [3.8, 4) is 5.75 Å². The van der Waals surface area contributed by atoms with Crippen LogP contribution in [0.3, 0.4) is 0 Å². The Bertz CT molecular complexity index is 680. The fourth-order valence-electron chi connectivity index (χ4n) is 1.83. The molecule has 0 aromatic heterocycles. The van der Waals surface area contributed by atoms with Crippen LogP contribution in [0.15, 0.2) is 49.0 Å². The molecule has 0 N–H and O–H groups in total. The zero-order valence-electron chi connectivity index (χ0n) is 10.8. The number of hydrogen-bond donors (Lipinski definition) is 0. The normalized spacial score (nSPS) is 10.2. The van der Waals surface area contributed by atoms with Crippen molar-refractivity contribution in [1.29, 1.82) is 0 Å². The zero-order chi connectivity index (χ0) is 14.7. The molecule has 2 aromatic rings. The molecule has 2 aromatic carbocycles. The second-order valence-corrected chi connectivity index (χ2v) is 4.60. The molecule has 4 heteroatoms. The summed E-state index contributed by atoms with van der Waals surface area (Å²) in [6, 6.07) is 10.5. The molecule has 0 spiro atoms. The van der Waals surface area contributed by atoms with Crippen LogP contribution < -0.4 is 4.74 Å². The first kappa shape index (κ1) is 14.3. The van der Waals surface area contributed by atoms with Gasteiger partial charge in [-0.05, 0) is 35.9 Å². The Morgan fingerprint density at radius 2 is 2.00 bits per heavy atom.